The van der Waals surface area contributed by atoms with Crippen LogP contribution in [0, 0.1) is 0 Å². The molecule has 0 atom stereocenters. The molecule has 0 spiro atoms. The third-order valence-electron chi connectivity index (χ3n) is 4.01. The van der Waals surface area contributed by atoms with Crippen molar-refractivity contribution in [3.63, 3.8) is 0 Å². The number of benzene rings is 2. The molecule has 6 nitrogen and oxygen atoms in total. The molecule has 6 heteroatoms. The van der Waals surface area contributed by atoms with Crippen LogP contribution in [0.15, 0.2) is 35.9 Å². The Morgan fingerprint density at radius 2 is 1.78 bits per heavy atom. The number of nitrogen functional groups attached to an aromatic ring is 1. The summed E-state index contributed by atoms with van der Waals surface area (Å²) >= 11 is 0. The number of allylic oxidation sites excluding steroid dienone is 1. The van der Waals surface area contributed by atoms with Gasteiger partial charge in [-0.05, 0) is 49.3 Å². The molecule has 0 bridgehead atoms. The van der Waals surface area contributed by atoms with Crippen LogP contribution >= 0.6 is 0 Å². The number of carbonyl (C=O) groups excluding carboxylic acids is 1. The molecule has 144 valence electrons. The van der Waals surface area contributed by atoms with Gasteiger partial charge in [0.1, 0.15) is 11.5 Å². The number of hydrogen-bond acceptors (Lipinski definition) is 6. The molecule has 2 aromatic rings. The lowest BCUT2D eigenvalue weighted by Crippen LogP contribution is -2.06. The molecule has 0 aliphatic rings. The minimum atomic E-state index is -0.196. The summed E-state index contributed by atoms with van der Waals surface area (Å²) in [6.07, 6.45) is 1.77. The van der Waals surface area contributed by atoms with Gasteiger partial charge in [-0.25, -0.2) is 0 Å². The van der Waals surface area contributed by atoms with Crippen molar-refractivity contribution in [2.24, 2.45) is 0 Å². The van der Waals surface area contributed by atoms with E-state index >= 15 is 0 Å². The first kappa shape index (κ1) is 20.2. The summed E-state index contributed by atoms with van der Waals surface area (Å²) in [5.41, 5.74) is 8.16. The van der Waals surface area contributed by atoms with E-state index in [2.05, 4.69) is 0 Å². The van der Waals surface area contributed by atoms with Crippen LogP contribution < -0.4 is 24.7 Å². The van der Waals surface area contributed by atoms with Crippen molar-refractivity contribution in [3.8, 4) is 23.0 Å². The second-order valence-corrected chi connectivity index (χ2v) is 5.80. The Bertz CT molecular complexity index is 858. The number of methoxy groups -OCH3 is 3. The van der Waals surface area contributed by atoms with Crippen molar-refractivity contribution in [1.29, 1.82) is 0 Å². The van der Waals surface area contributed by atoms with E-state index in [0.29, 0.717) is 46.4 Å². The quantitative estimate of drug-likeness (QED) is 0.429. The zero-order valence-corrected chi connectivity index (χ0v) is 16.3. The summed E-state index contributed by atoms with van der Waals surface area (Å²) in [4.78, 5) is 13.0. The summed E-state index contributed by atoms with van der Waals surface area (Å²) in [5, 5.41) is 0. The molecule has 0 radical (unpaired) electrons. The first-order valence-corrected chi connectivity index (χ1v) is 8.50. The van der Waals surface area contributed by atoms with E-state index in [9.17, 15) is 4.79 Å². The van der Waals surface area contributed by atoms with Gasteiger partial charge >= 0.3 is 0 Å². The minimum Gasteiger partial charge on any atom is -0.497 e. The van der Waals surface area contributed by atoms with Gasteiger partial charge in [-0.2, -0.15) is 0 Å². The molecule has 0 aliphatic carbocycles. The van der Waals surface area contributed by atoms with Crippen molar-refractivity contribution < 1.29 is 23.7 Å². The van der Waals surface area contributed by atoms with E-state index in [1.165, 1.54) is 21.3 Å². The number of rotatable bonds is 8. The number of carbonyl (C=O) groups is 1. The molecule has 0 aromatic heterocycles. The van der Waals surface area contributed by atoms with Crippen LogP contribution in [-0.4, -0.2) is 33.7 Å². The first-order valence-electron chi connectivity index (χ1n) is 8.50. The Balaban J connectivity index is 2.45. The standard InChI is InChI=1S/C21H25NO5/c1-6-27-18-10-14(7-8-17(18)22)9-13(2)20(23)16-11-15(24-3)12-19(25-4)21(16)26-5/h7-12H,6,22H2,1-5H3. The van der Waals surface area contributed by atoms with E-state index in [4.69, 9.17) is 24.7 Å². The lowest BCUT2D eigenvalue weighted by molar-refractivity contribution is 0.103. The SMILES string of the molecule is CCOc1cc(C=C(C)C(=O)c2cc(OC)cc(OC)c2OC)ccc1N. The highest BCUT2D eigenvalue weighted by atomic mass is 16.5. The minimum absolute atomic E-state index is 0.196. The van der Waals surface area contributed by atoms with Crippen LogP contribution in [0.3, 0.4) is 0 Å². The number of hydrogen-bond donors (Lipinski definition) is 1. The Hall–Kier alpha value is -3.15. The van der Waals surface area contributed by atoms with Gasteiger partial charge in [-0.15, -0.1) is 0 Å². The highest BCUT2D eigenvalue weighted by Crippen LogP contribution is 2.37. The second kappa shape index (κ2) is 8.98. The molecule has 0 saturated carbocycles. The first-order chi connectivity index (χ1) is 12.9. The fourth-order valence-electron chi connectivity index (χ4n) is 2.67. The predicted molar refractivity (Wildman–Crippen MR) is 106 cm³/mol. The van der Waals surface area contributed by atoms with Crippen LogP contribution in [0.4, 0.5) is 5.69 Å². The van der Waals surface area contributed by atoms with Crippen molar-refractivity contribution >= 4 is 17.5 Å². The van der Waals surface area contributed by atoms with Gasteiger partial charge in [0.05, 0.1) is 39.2 Å². The summed E-state index contributed by atoms with van der Waals surface area (Å²) in [6, 6.07) is 8.69. The van der Waals surface area contributed by atoms with Crippen LogP contribution in [0.2, 0.25) is 0 Å². The van der Waals surface area contributed by atoms with E-state index in [1.807, 2.05) is 13.0 Å². The Kier molecular flexibility index (Phi) is 6.71. The molecule has 0 heterocycles. The van der Waals surface area contributed by atoms with E-state index in [-0.39, 0.29) is 5.78 Å². The summed E-state index contributed by atoms with van der Waals surface area (Å²) in [6.45, 7) is 4.14. The van der Waals surface area contributed by atoms with Crippen molar-refractivity contribution in [2.45, 2.75) is 13.8 Å². The van der Waals surface area contributed by atoms with Gasteiger partial charge in [-0.3, -0.25) is 4.79 Å². The zero-order chi connectivity index (χ0) is 20.0. The van der Waals surface area contributed by atoms with Gasteiger partial charge in [0, 0.05) is 6.07 Å². The number of ether oxygens (including phenoxy) is 4. The number of anilines is 1. The number of Topliss-reactive ketones (excluding diaryl/α,β-unsaturated/α-hetero) is 1. The van der Waals surface area contributed by atoms with Crippen LogP contribution in [-0.2, 0) is 0 Å². The fraction of sp³-hybridized carbons (Fsp3) is 0.286. The third kappa shape index (κ3) is 4.53. The summed E-state index contributed by atoms with van der Waals surface area (Å²) in [7, 11) is 4.54. The molecule has 2 N–H and O–H groups in total. The monoisotopic (exact) mass is 371 g/mol. The summed E-state index contributed by atoms with van der Waals surface area (Å²) in [5.74, 6) is 1.70. The maximum absolute atomic E-state index is 13.0. The molecular formula is C21H25NO5. The topological polar surface area (TPSA) is 80.0 Å². The second-order valence-electron chi connectivity index (χ2n) is 5.80. The molecule has 0 aliphatic heterocycles. The molecule has 0 fully saturated rings. The molecular weight excluding hydrogens is 346 g/mol. The largest absolute Gasteiger partial charge is 0.497 e. The van der Waals surface area contributed by atoms with Crippen molar-refractivity contribution in [3.05, 3.63) is 47.0 Å². The smallest absolute Gasteiger partial charge is 0.192 e. The van der Waals surface area contributed by atoms with Crippen LogP contribution in [0.25, 0.3) is 6.08 Å². The van der Waals surface area contributed by atoms with Gasteiger partial charge in [-0.1, -0.05) is 6.07 Å². The molecule has 0 saturated heterocycles. The summed E-state index contributed by atoms with van der Waals surface area (Å²) < 4.78 is 21.5. The van der Waals surface area contributed by atoms with Gasteiger partial charge < -0.3 is 24.7 Å². The maximum Gasteiger partial charge on any atom is 0.192 e. The Morgan fingerprint density at radius 1 is 1.04 bits per heavy atom. The highest BCUT2D eigenvalue weighted by Gasteiger charge is 2.20. The van der Waals surface area contributed by atoms with Crippen LogP contribution in [0.1, 0.15) is 29.8 Å². The number of nitrogens with two attached hydrogens (primary N) is 1. The van der Waals surface area contributed by atoms with Crippen molar-refractivity contribution in [1.82, 2.24) is 0 Å². The fourth-order valence-corrected chi connectivity index (χ4v) is 2.67. The predicted octanol–water partition coefficient (Wildman–Crippen LogP) is 3.98. The lowest BCUT2D eigenvalue weighted by atomic mass is 10.0. The third-order valence-corrected chi connectivity index (χ3v) is 4.01. The Labute approximate surface area is 159 Å². The van der Waals surface area contributed by atoms with Gasteiger partial charge in [0.15, 0.2) is 17.3 Å². The van der Waals surface area contributed by atoms with Crippen LogP contribution in [0.5, 0.6) is 23.0 Å². The average Bonchev–Trinajstić information content (AvgIpc) is 2.68. The van der Waals surface area contributed by atoms with Gasteiger partial charge in [0.25, 0.3) is 0 Å². The van der Waals surface area contributed by atoms with Gasteiger partial charge in [0.2, 0.25) is 0 Å². The highest BCUT2D eigenvalue weighted by molar-refractivity contribution is 6.13. The molecule has 0 unspecified atom stereocenters. The van der Waals surface area contributed by atoms with E-state index < -0.39 is 0 Å². The van der Waals surface area contributed by atoms with E-state index in [1.54, 1.807) is 37.3 Å². The molecule has 2 rings (SSSR count). The zero-order valence-electron chi connectivity index (χ0n) is 16.3. The molecule has 0 amide bonds. The van der Waals surface area contributed by atoms with Crippen molar-refractivity contribution in [2.75, 3.05) is 33.7 Å². The number of ketones is 1. The lowest BCUT2D eigenvalue weighted by Gasteiger charge is -2.14. The van der Waals surface area contributed by atoms with E-state index in [0.717, 1.165) is 5.56 Å². The Morgan fingerprint density at radius 3 is 2.37 bits per heavy atom. The molecule has 2 aromatic carbocycles. The maximum atomic E-state index is 13.0. The average molecular weight is 371 g/mol. The normalized spacial score (nSPS) is 11.1. The molecule has 27 heavy (non-hydrogen) atoms.